The average Bonchev–Trinajstić information content (AvgIpc) is 1.69. The number of alkyl halides is 7. The Hall–Kier alpha value is -10.3. The maximum Gasteiger partial charge on any atom is 0.324 e. The number of ether oxygens (including phenoxy) is 4. The Labute approximate surface area is 599 Å². The van der Waals surface area contributed by atoms with Crippen LogP contribution in [0.3, 0.4) is 0 Å². The second-order valence-electron chi connectivity index (χ2n) is 20.6. The minimum absolute atomic E-state index is 0. The third-order valence-electron chi connectivity index (χ3n) is 14.3. The normalized spacial score (nSPS) is 15.2. The fourth-order valence-corrected chi connectivity index (χ4v) is 9.00. The molecule has 3 unspecified atom stereocenters. The molecular formula is C67H53BF14N13O6U. The van der Waals surface area contributed by atoms with Crippen LogP contribution in [0, 0.1) is 106 Å². The Balaban J connectivity index is 0.000000302. The van der Waals surface area contributed by atoms with Crippen molar-refractivity contribution in [3.05, 3.63) is 279 Å². The molecule has 527 valence electrons. The van der Waals surface area contributed by atoms with Crippen LogP contribution in [0.2, 0.25) is 0 Å². The van der Waals surface area contributed by atoms with Crippen molar-refractivity contribution in [1.29, 1.82) is 15.8 Å². The molecule has 9 heterocycles. The van der Waals surface area contributed by atoms with E-state index in [-0.39, 0.29) is 86.0 Å². The maximum absolute atomic E-state index is 15.7. The third-order valence-corrected chi connectivity index (χ3v) is 14.3. The van der Waals surface area contributed by atoms with Gasteiger partial charge in [-0.25, -0.2) is 46.0 Å². The molecule has 2 aliphatic rings. The molecule has 3 radical (unpaired) electrons. The zero-order valence-corrected chi connectivity index (χ0v) is 55.0. The molecule has 0 amide bonds. The van der Waals surface area contributed by atoms with E-state index < -0.39 is 136 Å². The molecular weight excluding hydrogens is 1600 g/mol. The predicted molar refractivity (Wildman–Crippen MR) is 328 cm³/mol. The number of nitriles is 3. The van der Waals surface area contributed by atoms with Crippen molar-refractivity contribution in [2.45, 2.75) is 75.8 Å². The van der Waals surface area contributed by atoms with E-state index in [1.807, 2.05) is 18.2 Å². The summed E-state index contributed by atoms with van der Waals surface area (Å²) in [7, 11) is -1.00. The number of rotatable bonds is 18. The minimum atomic E-state index is -4.16. The Morgan fingerprint density at radius 1 is 0.549 bits per heavy atom. The number of epoxide rings is 2. The van der Waals surface area contributed by atoms with Crippen molar-refractivity contribution in [1.82, 2.24) is 50.1 Å². The fourth-order valence-electron chi connectivity index (χ4n) is 9.00. The Morgan fingerprint density at radius 2 is 0.951 bits per heavy atom. The van der Waals surface area contributed by atoms with Gasteiger partial charge in [0.25, 0.3) is 0 Å². The first-order chi connectivity index (χ1) is 47.2. The number of pyridine rings is 6. The molecule has 19 nitrogen and oxygen atoms in total. The summed E-state index contributed by atoms with van der Waals surface area (Å²) in [5.41, 5.74) is -9.05. The van der Waals surface area contributed by atoms with Gasteiger partial charge in [-0.15, -0.1) is 5.10 Å². The van der Waals surface area contributed by atoms with Gasteiger partial charge in [0.2, 0.25) is 17.7 Å². The van der Waals surface area contributed by atoms with Gasteiger partial charge in [-0.05, 0) is 94.9 Å². The second kappa shape index (κ2) is 36.3. The van der Waals surface area contributed by atoms with Gasteiger partial charge in [0.05, 0.1) is 51.6 Å². The molecule has 0 aliphatic carbocycles. The van der Waals surface area contributed by atoms with Crippen LogP contribution in [-0.2, 0) is 70.4 Å². The molecule has 102 heavy (non-hydrogen) atoms. The maximum atomic E-state index is 15.7. The van der Waals surface area contributed by atoms with Crippen LogP contribution in [0.15, 0.2) is 171 Å². The summed E-state index contributed by atoms with van der Waals surface area (Å²) in [6.07, 6.45) is 8.25. The van der Waals surface area contributed by atoms with Gasteiger partial charge in [-0.3, -0.25) is 19.3 Å². The topological polar surface area (TPSA) is 276 Å². The molecule has 2 fully saturated rings. The van der Waals surface area contributed by atoms with Gasteiger partial charge in [-0.1, -0.05) is 33.1 Å². The van der Waals surface area contributed by atoms with E-state index >= 15 is 17.6 Å². The molecule has 2 aliphatic heterocycles. The van der Waals surface area contributed by atoms with Crippen LogP contribution in [0.1, 0.15) is 83.4 Å². The third kappa shape index (κ3) is 19.2. The summed E-state index contributed by atoms with van der Waals surface area (Å²) in [5.74, 6) is -17.8. The molecule has 2 saturated heterocycles. The molecule has 0 spiro atoms. The number of aliphatic hydroxyl groups is 2. The molecule has 3 atom stereocenters. The minimum Gasteiger partial charge on any atom is -0.473 e. The standard InChI is InChI=1S/C22H15F4N7O2.C21H13F4N3O2.C15H11F4NO2.C6H3FN2.CH3F.2CH4.B.U/c23-16-3-4-17(18(24)7-16)21(34,12-33-13-30-31-32-33)22(25,26)19-5-1-15(10-28-19)11-35-20-6-2-14(8-27)9-29-20;22-15-3-4-16(17(23)7-15)20(12-30-20)21(24,25)18-5-1-14(10-27-18)11-29-19-6-2-13(8-26)9-28-19;16-10-2-3-11(12(17)5-10)14(8-22-14)15(18,19)13-4-1-9(7-21)6-20-13;7-6-2-1-5(3-8)4-9-6;1-2;;;;/h1-7,9-10,13,34H,11-12H2;1-7,9-10H,11-12H2;1-6,21H,7-8H2;1-2,4H;1H3;2*1H4;;/i;;;;1D;;;;. The molecule has 3 aromatic carbocycles. The van der Waals surface area contributed by atoms with E-state index in [2.05, 4.69) is 45.4 Å². The van der Waals surface area contributed by atoms with Gasteiger partial charge in [-0.2, -0.15) is 46.5 Å². The zero-order valence-electron chi connectivity index (χ0n) is 51.8. The van der Waals surface area contributed by atoms with Crippen LogP contribution in [0.25, 0.3) is 0 Å². The summed E-state index contributed by atoms with van der Waals surface area (Å²) >= 11 is 0. The first kappa shape index (κ1) is 82.3. The number of tetrazole rings is 1. The number of aliphatic hydroxyl groups excluding tert-OH is 1. The monoisotopic (exact) mass is 1650 g/mol. The van der Waals surface area contributed by atoms with Crippen molar-refractivity contribution < 1.29 is 123 Å². The smallest absolute Gasteiger partial charge is 0.324 e. The summed E-state index contributed by atoms with van der Waals surface area (Å²) in [4.78, 5) is 22.3. The van der Waals surface area contributed by atoms with Gasteiger partial charge in [0, 0.05) is 135 Å². The summed E-state index contributed by atoms with van der Waals surface area (Å²) < 4.78 is 222. The number of nitrogens with zero attached hydrogens (tertiary/aromatic N) is 13. The largest absolute Gasteiger partial charge is 0.473 e. The Bertz CT molecular complexity index is 4500. The van der Waals surface area contributed by atoms with Crippen molar-refractivity contribution in [3.63, 3.8) is 0 Å². The Kier molecular flexibility index (Phi) is 29.3. The van der Waals surface area contributed by atoms with Crippen LogP contribution < -0.4 is 9.47 Å². The summed E-state index contributed by atoms with van der Waals surface area (Å²) in [6.45, 7) is -2.14. The van der Waals surface area contributed by atoms with Gasteiger partial charge >= 0.3 is 17.8 Å². The molecule has 12 rings (SSSR count). The zero-order chi connectivity index (χ0) is 71.8. The van der Waals surface area contributed by atoms with Crippen LogP contribution in [0.4, 0.5) is 61.5 Å². The van der Waals surface area contributed by atoms with E-state index in [4.69, 9.17) is 41.2 Å². The molecule has 35 heteroatoms. The van der Waals surface area contributed by atoms with E-state index in [1.165, 1.54) is 73.3 Å². The fraction of sp³-hybridized carbons (Fsp3) is 0.224. The van der Waals surface area contributed by atoms with Crippen LogP contribution >= 0.6 is 0 Å². The van der Waals surface area contributed by atoms with E-state index in [1.54, 1.807) is 0 Å². The van der Waals surface area contributed by atoms with Crippen molar-refractivity contribution in [3.8, 4) is 30.0 Å². The van der Waals surface area contributed by atoms with Crippen molar-refractivity contribution >= 4 is 8.41 Å². The van der Waals surface area contributed by atoms with Gasteiger partial charge < -0.3 is 29.2 Å². The average molecular weight is 1650 g/mol. The molecule has 7 aromatic heterocycles. The van der Waals surface area contributed by atoms with E-state index in [0.717, 1.165) is 84.1 Å². The summed E-state index contributed by atoms with van der Waals surface area (Å²) in [6, 6.07) is 28.0. The first-order valence-corrected chi connectivity index (χ1v) is 27.8. The number of aromatic nitrogens is 10. The first-order valence-electron chi connectivity index (χ1n) is 28.5. The number of hydrogen-bond donors (Lipinski definition) is 2. The van der Waals surface area contributed by atoms with E-state index in [9.17, 15) is 49.0 Å². The second-order valence-corrected chi connectivity index (χ2v) is 20.6. The van der Waals surface area contributed by atoms with Gasteiger partial charge in [0.1, 0.15) is 89.7 Å². The Morgan fingerprint density at radius 3 is 1.28 bits per heavy atom. The molecule has 0 bridgehead atoms. The number of benzene rings is 3. The van der Waals surface area contributed by atoms with Crippen LogP contribution in [-0.4, -0.2) is 89.1 Å². The van der Waals surface area contributed by atoms with E-state index in [0.29, 0.717) is 51.6 Å². The molecule has 0 saturated carbocycles. The summed E-state index contributed by atoms with van der Waals surface area (Å²) in [5, 5.41) is 55.9. The van der Waals surface area contributed by atoms with Gasteiger partial charge in [0.15, 0.2) is 16.8 Å². The van der Waals surface area contributed by atoms with Crippen molar-refractivity contribution in [2.24, 2.45) is 0 Å². The molecule has 2 N–H and O–H groups in total. The SMILES string of the molecule is C.C.N#Cc1ccc(F)nc1.N#Cc1ccc(OCc2ccc(C(F)(F)C(O)(Cn3cnnn3)c3ccc(F)cc3F)nc2)nc1.N#Cc1ccc(OCc2ccc(C(F)(F)C3(c4ccc(F)cc4F)CO3)nc2)nc1.OCc1ccc(C(F)(F)C2(c3ccc(F)cc3F)CO2)nc1.[2H]CF.[B].[U]. The predicted octanol–water partition coefficient (Wildman–Crippen LogP) is 12.5. The number of halogens is 14. The van der Waals surface area contributed by atoms with Crippen LogP contribution in [0.5, 0.6) is 11.8 Å². The number of hydrogen-bond acceptors (Lipinski definition) is 18. The van der Waals surface area contributed by atoms with Crippen molar-refractivity contribution in [2.75, 3.05) is 20.4 Å². The quantitative estimate of drug-likeness (QED) is 0.0349. The molecule has 10 aromatic rings.